The number of pyridine rings is 1. The molecule has 20 heavy (non-hydrogen) atoms. The fourth-order valence-corrected chi connectivity index (χ4v) is 1.91. The van der Waals surface area contributed by atoms with Gasteiger partial charge in [-0.25, -0.2) is 0 Å². The Hall–Kier alpha value is -1.82. The number of carboxylic acids is 1. The molecule has 6 nitrogen and oxygen atoms in total. The predicted octanol–water partition coefficient (Wildman–Crippen LogP) is 1.12. The van der Waals surface area contributed by atoms with Crippen LogP contribution in [-0.4, -0.2) is 39.2 Å². The Morgan fingerprint density at radius 2 is 2.10 bits per heavy atom. The summed E-state index contributed by atoms with van der Waals surface area (Å²) in [5.74, 6) is -0.693. The molecule has 1 heterocycles. The first-order valence-corrected chi connectivity index (χ1v) is 6.62. The fourth-order valence-electron chi connectivity index (χ4n) is 1.91. The van der Waals surface area contributed by atoms with Gasteiger partial charge in [0.1, 0.15) is 0 Å². The van der Waals surface area contributed by atoms with Crippen molar-refractivity contribution in [1.82, 2.24) is 9.47 Å². The van der Waals surface area contributed by atoms with E-state index in [2.05, 4.69) is 13.8 Å². The summed E-state index contributed by atoms with van der Waals surface area (Å²) < 4.78 is 1.81. The maximum atomic E-state index is 11.5. The number of aromatic hydroxyl groups is 1. The largest absolute Gasteiger partial charge is 0.503 e. The van der Waals surface area contributed by atoms with Gasteiger partial charge in [-0.15, -0.1) is 0 Å². The molecular formula is C14H22N2O4. The van der Waals surface area contributed by atoms with Crippen molar-refractivity contribution in [2.75, 3.05) is 13.6 Å². The van der Waals surface area contributed by atoms with Crippen LogP contribution in [0, 0.1) is 5.92 Å². The number of carboxylic acid groups (broad SMARTS) is 1. The molecule has 112 valence electrons. The Bertz CT molecular complexity index is 522. The lowest BCUT2D eigenvalue weighted by Gasteiger charge is -2.19. The minimum Gasteiger partial charge on any atom is -0.503 e. The van der Waals surface area contributed by atoms with Gasteiger partial charge in [0.05, 0.1) is 12.7 Å². The monoisotopic (exact) mass is 282 g/mol. The second-order valence-corrected chi connectivity index (χ2v) is 5.46. The molecule has 0 aliphatic heterocycles. The highest BCUT2D eigenvalue weighted by Gasteiger charge is 2.11. The molecule has 0 saturated carbocycles. The van der Waals surface area contributed by atoms with Crippen LogP contribution in [0.1, 0.15) is 26.0 Å². The summed E-state index contributed by atoms with van der Waals surface area (Å²) in [4.78, 5) is 23.8. The summed E-state index contributed by atoms with van der Waals surface area (Å²) in [7, 11) is 1.68. The van der Waals surface area contributed by atoms with Crippen LogP contribution in [0.3, 0.4) is 0 Å². The molecule has 0 fully saturated rings. The van der Waals surface area contributed by atoms with Crippen molar-refractivity contribution in [3.8, 4) is 5.75 Å². The van der Waals surface area contributed by atoms with Crippen LogP contribution in [0.4, 0.5) is 0 Å². The normalized spacial score (nSPS) is 11.2. The highest BCUT2D eigenvalue weighted by atomic mass is 16.4. The average molecular weight is 282 g/mol. The van der Waals surface area contributed by atoms with Crippen molar-refractivity contribution in [3.05, 3.63) is 28.2 Å². The van der Waals surface area contributed by atoms with Crippen molar-refractivity contribution in [2.24, 2.45) is 5.92 Å². The van der Waals surface area contributed by atoms with Crippen molar-refractivity contribution in [2.45, 2.75) is 33.4 Å². The second kappa shape index (κ2) is 7.09. The molecule has 2 N–H and O–H groups in total. The number of likely N-dealkylation sites (N-methyl/N-ethyl adjacent to an activating group) is 1. The molecule has 0 aliphatic carbocycles. The maximum Gasteiger partial charge on any atom is 0.317 e. The van der Waals surface area contributed by atoms with Gasteiger partial charge in [-0.1, -0.05) is 13.8 Å². The quantitative estimate of drug-likeness (QED) is 0.783. The molecule has 0 aliphatic rings. The molecule has 0 amide bonds. The van der Waals surface area contributed by atoms with Gasteiger partial charge in [0, 0.05) is 24.8 Å². The van der Waals surface area contributed by atoms with Crippen LogP contribution in [-0.2, 0) is 17.9 Å². The summed E-state index contributed by atoms with van der Waals surface area (Å²) in [6.45, 7) is 5.12. The van der Waals surface area contributed by atoms with Gasteiger partial charge in [-0.05, 0) is 19.4 Å². The van der Waals surface area contributed by atoms with Crippen molar-refractivity contribution >= 4 is 5.97 Å². The van der Waals surface area contributed by atoms with Gasteiger partial charge in [-0.2, -0.15) is 0 Å². The van der Waals surface area contributed by atoms with Crippen LogP contribution >= 0.6 is 0 Å². The van der Waals surface area contributed by atoms with Gasteiger partial charge in [0.25, 0.3) is 0 Å². The smallest absolute Gasteiger partial charge is 0.317 e. The second-order valence-electron chi connectivity index (χ2n) is 5.46. The maximum absolute atomic E-state index is 11.5. The van der Waals surface area contributed by atoms with E-state index in [1.54, 1.807) is 11.9 Å². The van der Waals surface area contributed by atoms with E-state index in [1.807, 2.05) is 4.57 Å². The molecule has 0 bridgehead atoms. The first kappa shape index (κ1) is 16.2. The highest BCUT2D eigenvalue weighted by molar-refractivity contribution is 5.68. The summed E-state index contributed by atoms with van der Waals surface area (Å²) >= 11 is 0. The van der Waals surface area contributed by atoms with Gasteiger partial charge in [-0.3, -0.25) is 14.5 Å². The zero-order chi connectivity index (χ0) is 15.3. The third kappa shape index (κ3) is 5.05. The third-order valence-corrected chi connectivity index (χ3v) is 2.98. The number of hydrogen-bond acceptors (Lipinski definition) is 4. The lowest BCUT2D eigenvalue weighted by atomic mass is 10.1. The highest BCUT2D eigenvalue weighted by Crippen LogP contribution is 2.11. The number of aryl methyl sites for hydroxylation is 1. The summed E-state index contributed by atoms with van der Waals surface area (Å²) in [5.41, 5.74) is 0.265. The summed E-state index contributed by atoms with van der Waals surface area (Å²) in [6.07, 6.45) is 2.34. The number of carbonyl (C=O) groups is 1. The fraction of sp³-hybridized carbons (Fsp3) is 0.571. The average Bonchev–Trinajstić information content (AvgIpc) is 2.30. The molecule has 1 aromatic heterocycles. The van der Waals surface area contributed by atoms with Gasteiger partial charge >= 0.3 is 5.97 Å². The standard InChI is InChI=1S/C14H22N2O4/c1-10(2)4-5-16-8-13(18)12(17)6-11(16)7-15(3)9-14(19)20/h6,8,10,18H,4-5,7,9H2,1-3H3,(H,19,20). The number of aromatic nitrogens is 1. The first-order chi connectivity index (χ1) is 9.29. The van der Waals surface area contributed by atoms with Crippen LogP contribution in [0.5, 0.6) is 5.75 Å². The van der Waals surface area contributed by atoms with Crippen molar-refractivity contribution < 1.29 is 15.0 Å². The molecule has 0 unspecified atom stereocenters. The lowest BCUT2D eigenvalue weighted by molar-refractivity contribution is -0.138. The first-order valence-electron chi connectivity index (χ1n) is 6.62. The Balaban J connectivity index is 2.94. The van der Waals surface area contributed by atoms with E-state index in [1.165, 1.54) is 12.3 Å². The van der Waals surface area contributed by atoms with Crippen molar-refractivity contribution in [1.29, 1.82) is 0 Å². The van der Waals surface area contributed by atoms with E-state index in [-0.39, 0.29) is 12.3 Å². The molecule has 6 heteroatoms. The molecule has 0 radical (unpaired) electrons. The van der Waals surface area contributed by atoms with Crippen LogP contribution in [0.15, 0.2) is 17.1 Å². The summed E-state index contributed by atoms with van der Waals surface area (Å²) in [6, 6.07) is 1.37. The Morgan fingerprint density at radius 3 is 2.65 bits per heavy atom. The molecule has 1 rings (SSSR count). The minimum atomic E-state index is -0.914. The topological polar surface area (TPSA) is 82.8 Å². The third-order valence-electron chi connectivity index (χ3n) is 2.98. The number of hydrogen-bond donors (Lipinski definition) is 2. The predicted molar refractivity (Wildman–Crippen MR) is 75.8 cm³/mol. The zero-order valence-corrected chi connectivity index (χ0v) is 12.2. The molecule has 0 saturated heterocycles. The van der Waals surface area contributed by atoms with E-state index in [9.17, 15) is 14.7 Å². The van der Waals surface area contributed by atoms with Crippen molar-refractivity contribution in [3.63, 3.8) is 0 Å². The van der Waals surface area contributed by atoms with E-state index >= 15 is 0 Å². The molecular weight excluding hydrogens is 260 g/mol. The molecule has 0 spiro atoms. The number of nitrogens with zero attached hydrogens (tertiary/aromatic N) is 2. The zero-order valence-electron chi connectivity index (χ0n) is 12.2. The number of rotatable bonds is 7. The van der Waals surface area contributed by atoms with E-state index in [0.717, 1.165) is 6.42 Å². The van der Waals surface area contributed by atoms with Crippen LogP contribution < -0.4 is 5.43 Å². The molecule has 1 aromatic rings. The van der Waals surface area contributed by atoms with Gasteiger partial charge in [0.15, 0.2) is 5.75 Å². The van der Waals surface area contributed by atoms with Crippen LogP contribution in [0.25, 0.3) is 0 Å². The van der Waals surface area contributed by atoms with E-state index in [0.29, 0.717) is 24.7 Å². The van der Waals surface area contributed by atoms with Gasteiger partial charge in [0.2, 0.25) is 5.43 Å². The summed E-state index contributed by atoms with van der Waals surface area (Å²) in [5, 5.41) is 18.3. The Kier molecular flexibility index (Phi) is 5.76. The Morgan fingerprint density at radius 1 is 1.45 bits per heavy atom. The molecule has 0 atom stereocenters. The Labute approximate surface area is 118 Å². The molecule has 0 aromatic carbocycles. The van der Waals surface area contributed by atoms with E-state index in [4.69, 9.17) is 5.11 Å². The van der Waals surface area contributed by atoms with Gasteiger partial charge < -0.3 is 14.8 Å². The lowest BCUT2D eigenvalue weighted by Crippen LogP contribution is -2.27. The van der Waals surface area contributed by atoms with Crippen LogP contribution in [0.2, 0.25) is 0 Å². The number of aliphatic carboxylic acids is 1. The van der Waals surface area contributed by atoms with E-state index < -0.39 is 11.4 Å². The minimum absolute atomic E-state index is 0.0980. The SMILES string of the molecule is CC(C)CCn1cc(O)c(=O)cc1CN(C)CC(=O)O.